The molecule has 0 aromatic heterocycles. The standard InChI is InChI=1S/C31H36O8/c1-5-36-17-19-38-15-7-9-23-11-13-25(29(32)33)27(21-23)31(3,4)28-22-24(12-14-26(28)30(34)35)10-8-16-39-20-18-37-6-2/h11-14,21-22H,5-6,15-20H2,1-4H3,(H,32,33)(H,34,35). The van der Waals surface area contributed by atoms with Crippen LogP contribution < -0.4 is 0 Å². The third-order valence-electron chi connectivity index (χ3n) is 5.81. The fourth-order valence-electron chi connectivity index (χ4n) is 3.84. The molecule has 2 N–H and O–H groups in total. The lowest BCUT2D eigenvalue weighted by molar-refractivity contribution is 0.0662. The molecule has 208 valence electrons. The summed E-state index contributed by atoms with van der Waals surface area (Å²) in [6, 6.07) is 9.61. The maximum absolute atomic E-state index is 12.1. The van der Waals surface area contributed by atoms with Crippen molar-refractivity contribution in [2.24, 2.45) is 0 Å². The Bertz CT molecular complexity index is 1150. The molecular formula is C31H36O8. The Balaban J connectivity index is 2.38. The molecule has 0 unspecified atom stereocenters. The first-order chi connectivity index (χ1) is 18.7. The average Bonchev–Trinajstić information content (AvgIpc) is 2.91. The molecule has 0 saturated carbocycles. The fourth-order valence-corrected chi connectivity index (χ4v) is 3.84. The average molecular weight is 537 g/mol. The number of carboxylic acids is 2. The van der Waals surface area contributed by atoms with Crippen LogP contribution in [0.25, 0.3) is 0 Å². The van der Waals surface area contributed by atoms with Gasteiger partial charge in [0.05, 0.1) is 37.6 Å². The molecule has 0 spiro atoms. The van der Waals surface area contributed by atoms with Crippen LogP contribution in [0, 0.1) is 23.7 Å². The Morgan fingerprint density at radius 2 is 1.08 bits per heavy atom. The second kappa shape index (κ2) is 16.3. The summed E-state index contributed by atoms with van der Waals surface area (Å²) in [5, 5.41) is 19.8. The molecule has 8 heteroatoms. The molecular weight excluding hydrogens is 500 g/mol. The van der Waals surface area contributed by atoms with Crippen LogP contribution in [0.4, 0.5) is 0 Å². The molecule has 0 heterocycles. The van der Waals surface area contributed by atoms with Crippen molar-refractivity contribution in [3.8, 4) is 23.7 Å². The summed E-state index contributed by atoms with van der Waals surface area (Å²) in [5.74, 6) is 9.60. The minimum Gasteiger partial charge on any atom is -0.478 e. The molecule has 0 radical (unpaired) electrons. The molecule has 0 saturated heterocycles. The van der Waals surface area contributed by atoms with Gasteiger partial charge in [0.15, 0.2) is 0 Å². The Kier molecular flexibility index (Phi) is 13.2. The highest BCUT2D eigenvalue weighted by atomic mass is 16.5. The number of aromatic carboxylic acids is 2. The van der Waals surface area contributed by atoms with Gasteiger partial charge in [-0.2, -0.15) is 0 Å². The number of benzene rings is 2. The Labute approximate surface area is 230 Å². The van der Waals surface area contributed by atoms with Crippen molar-refractivity contribution in [2.45, 2.75) is 33.1 Å². The van der Waals surface area contributed by atoms with Crippen molar-refractivity contribution in [1.29, 1.82) is 0 Å². The number of hydrogen-bond acceptors (Lipinski definition) is 6. The lowest BCUT2D eigenvalue weighted by Gasteiger charge is -2.29. The number of carboxylic acid groups (broad SMARTS) is 2. The van der Waals surface area contributed by atoms with E-state index in [1.165, 1.54) is 12.1 Å². The second-order valence-electron chi connectivity index (χ2n) is 8.86. The zero-order valence-electron chi connectivity index (χ0n) is 23.0. The van der Waals surface area contributed by atoms with Gasteiger partial charge in [-0.1, -0.05) is 37.5 Å². The summed E-state index contributed by atoms with van der Waals surface area (Å²) < 4.78 is 21.3. The van der Waals surface area contributed by atoms with Crippen molar-refractivity contribution in [3.63, 3.8) is 0 Å². The first-order valence-corrected chi connectivity index (χ1v) is 12.8. The van der Waals surface area contributed by atoms with Crippen LogP contribution in [-0.4, -0.2) is 75.0 Å². The van der Waals surface area contributed by atoms with Crippen LogP contribution in [-0.2, 0) is 24.4 Å². The normalized spacial score (nSPS) is 10.8. The zero-order chi connectivity index (χ0) is 28.7. The molecule has 0 aliphatic carbocycles. The van der Waals surface area contributed by atoms with Gasteiger partial charge in [0, 0.05) is 29.8 Å². The first kappa shape index (κ1) is 31.6. The summed E-state index contributed by atoms with van der Waals surface area (Å²) in [6.07, 6.45) is 0. The van der Waals surface area contributed by atoms with Crippen LogP contribution in [0.3, 0.4) is 0 Å². The van der Waals surface area contributed by atoms with E-state index in [9.17, 15) is 19.8 Å². The molecule has 0 aliphatic rings. The van der Waals surface area contributed by atoms with Crippen molar-refractivity contribution in [3.05, 3.63) is 69.8 Å². The van der Waals surface area contributed by atoms with E-state index < -0.39 is 17.4 Å². The second-order valence-corrected chi connectivity index (χ2v) is 8.86. The minimum atomic E-state index is -1.12. The van der Waals surface area contributed by atoms with Crippen LogP contribution in [0.15, 0.2) is 36.4 Å². The highest BCUT2D eigenvalue weighted by Crippen LogP contribution is 2.37. The van der Waals surface area contributed by atoms with Crippen molar-refractivity contribution >= 4 is 11.9 Å². The molecule has 2 aromatic carbocycles. The number of carbonyl (C=O) groups is 2. The lowest BCUT2D eigenvalue weighted by atomic mass is 9.73. The molecule has 8 nitrogen and oxygen atoms in total. The van der Waals surface area contributed by atoms with Crippen LogP contribution in [0.1, 0.15) is 70.7 Å². The molecule has 0 atom stereocenters. The monoisotopic (exact) mass is 536 g/mol. The van der Waals surface area contributed by atoms with Gasteiger partial charge in [0.2, 0.25) is 0 Å². The molecule has 0 aliphatic heterocycles. The van der Waals surface area contributed by atoms with E-state index in [4.69, 9.17) is 18.9 Å². The summed E-state index contributed by atoms with van der Waals surface area (Å²) >= 11 is 0. The van der Waals surface area contributed by atoms with Gasteiger partial charge in [0.1, 0.15) is 13.2 Å². The van der Waals surface area contributed by atoms with E-state index in [0.29, 0.717) is 61.9 Å². The third kappa shape index (κ3) is 9.86. The summed E-state index contributed by atoms with van der Waals surface area (Å²) in [4.78, 5) is 24.2. The Hall–Kier alpha value is -3.66. The van der Waals surface area contributed by atoms with Gasteiger partial charge in [-0.3, -0.25) is 0 Å². The topological polar surface area (TPSA) is 112 Å². The van der Waals surface area contributed by atoms with E-state index in [1.807, 2.05) is 13.8 Å². The van der Waals surface area contributed by atoms with Crippen LogP contribution in [0.5, 0.6) is 0 Å². The van der Waals surface area contributed by atoms with Gasteiger partial charge in [0.25, 0.3) is 0 Å². The van der Waals surface area contributed by atoms with E-state index in [2.05, 4.69) is 23.7 Å². The molecule has 0 amide bonds. The number of rotatable bonds is 14. The maximum Gasteiger partial charge on any atom is 0.335 e. The number of ether oxygens (including phenoxy) is 4. The highest BCUT2D eigenvalue weighted by Gasteiger charge is 2.32. The summed E-state index contributed by atoms with van der Waals surface area (Å²) in [6.45, 7) is 10.9. The van der Waals surface area contributed by atoms with Gasteiger partial charge in [-0.25, -0.2) is 9.59 Å². The maximum atomic E-state index is 12.1. The predicted molar refractivity (Wildman–Crippen MR) is 147 cm³/mol. The quantitative estimate of drug-likeness (QED) is 0.273. The Morgan fingerprint density at radius 1 is 0.692 bits per heavy atom. The molecule has 2 aromatic rings. The minimum absolute atomic E-state index is 0.0639. The largest absolute Gasteiger partial charge is 0.478 e. The van der Waals surface area contributed by atoms with Crippen molar-refractivity contribution in [2.75, 3.05) is 52.9 Å². The van der Waals surface area contributed by atoms with E-state index in [0.717, 1.165) is 0 Å². The summed E-state index contributed by atoms with van der Waals surface area (Å²) in [5.41, 5.74) is 1.18. The fraction of sp³-hybridized carbons (Fsp3) is 0.419. The lowest BCUT2D eigenvalue weighted by Crippen LogP contribution is -2.25. The van der Waals surface area contributed by atoms with Gasteiger partial charge < -0.3 is 29.2 Å². The van der Waals surface area contributed by atoms with E-state index >= 15 is 0 Å². The molecule has 39 heavy (non-hydrogen) atoms. The highest BCUT2D eigenvalue weighted by molar-refractivity contribution is 5.93. The molecule has 0 fully saturated rings. The van der Waals surface area contributed by atoms with E-state index in [1.54, 1.807) is 38.1 Å². The third-order valence-corrected chi connectivity index (χ3v) is 5.81. The van der Waals surface area contributed by atoms with Crippen molar-refractivity contribution in [1.82, 2.24) is 0 Å². The van der Waals surface area contributed by atoms with Crippen LogP contribution in [0.2, 0.25) is 0 Å². The Morgan fingerprint density at radius 3 is 1.44 bits per heavy atom. The zero-order valence-corrected chi connectivity index (χ0v) is 23.0. The summed E-state index contributed by atoms with van der Waals surface area (Å²) in [7, 11) is 0. The van der Waals surface area contributed by atoms with E-state index in [-0.39, 0.29) is 24.3 Å². The van der Waals surface area contributed by atoms with Crippen LogP contribution >= 0.6 is 0 Å². The molecule has 0 bridgehead atoms. The van der Waals surface area contributed by atoms with Gasteiger partial charge in [-0.05, 0) is 61.4 Å². The molecule has 2 rings (SSSR count). The SMILES string of the molecule is CCOCCOCC#Cc1ccc(C(=O)O)c(C(C)(C)c2cc(C#CCOCCOCC)ccc2C(=O)O)c1. The first-order valence-electron chi connectivity index (χ1n) is 12.8. The van der Waals surface area contributed by atoms with Crippen molar-refractivity contribution < 1.29 is 38.7 Å². The number of hydrogen-bond donors (Lipinski definition) is 2. The smallest absolute Gasteiger partial charge is 0.335 e. The van der Waals surface area contributed by atoms with Gasteiger partial charge in [-0.15, -0.1) is 0 Å². The predicted octanol–water partition coefficient (Wildman–Crippen LogP) is 4.22. The van der Waals surface area contributed by atoms with Gasteiger partial charge >= 0.3 is 11.9 Å².